The summed E-state index contributed by atoms with van der Waals surface area (Å²) in [7, 11) is 0. The molecule has 3 N–H and O–H groups in total. The number of hydrogen-bond donors (Lipinski definition) is 2. The number of hydrogen-bond acceptors (Lipinski definition) is 4. The van der Waals surface area contributed by atoms with Crippen LogP contribution in [0.15, 0.2) is 48.5 Å². The van der Waals surface area contributed by atoms with Crippen LogP contribution >= 0.6 is 0 Å². The van der Waals surface area contributed by atoms with Gasteiger partial charge in [-0.25, -0.2) is 0 Å². The van der Waals surface area contributed by atoms with Gasteiger partial charge in [0.05, 0.1) is 18.2 Å². The minimum Gasteiger partial charge on any atom is -0.494 e. The Labute approximate surface area is 142 Å². The van der Waals surface area contributed by atoms with E-state index in [2.05, 4.69) is 5.32 Å². The van der Waals surface area contributed by atoms with Crippen LogP contribution in [-0.2, 0) is 4.79 Å². The van der Waals surface area contributed by atoms with Gasteiger partial charge in [-0.1, -0.05) is 19.1 Å². The second-order valence-corrected chi connectivity index (χ2v) is 5.64. The van der Waals surface area contributed by atoms with Crippen LogP contribution in [0.2, 0.25) is 0 Å². The minimum atomic E-state index is -0.288. The Morgan fingerprint density at radius 3 is 2.33 bits per heavy atom. The monoisotopic (exact) mass is 328 g/mol. The number of nitrogens with two attached hydrogens (primary N) is 1. The van der Waals surface area contributed by atoms with E-state index in [9.17, 15) is 4.79 Å². The van der Waals surface area contributed by atoms with Crippen molar-refractivity contribution in [3.63, 3.8) is 0 Å². The second-order valence-electron chi connectivity index (χ2n) is 5.64. The summed E-state index contributed by atoms with van der Waals surface area (Å²) in [5.41, 5.74) is 6.40. The molecule has 2 unspecified atom stereocenters. The van der Waals surface area contributed by atoms with Gasteiger partial charge in [0.2, 0.25) is 5.91 Å². The second kappa shape index (κ2) is 8.36. The molecule has 2 aromatic carbocycles. The fraction of sp³-hybridized carbons (Fsp3) is 0.316. The molecule has 0 saturated heterocycles. The molecule has 2 rings (SSSR count). The third-order valence-electron chi connectivity index (χ3n) is 3.71. The standard InChI is InChI=1S/C19H24N2O3/c1-4-23-15-9-11-16(12-10-15)24-18-8-6-5-7-17(18)21-19(22)13(2)14(3)20/h5-14H,4,20H2,1-3H3,(H,21,22). The van der Waals surface area contributed by atoms with Crippen molar-refractivity contribution in [1.29, 1.82) is 0 Å². The number of carbonyl (C=O) groups excluding carboxylic acids is 1. The molecule has 128 valence electrons. The van der Waals surface area contributed by atoms with Crippen LogP contribution in [0.1, 0.15) is 20.8 Å². The fourth-order valence-electron chi connectivity index (χ4n) is 2.04. The molecule has 0 saturated carbocycles. The molecule has 0 bridgehead atoms. The molecular formula is C19H24N2O3. The fourth-order valence-corrected chi connectivity index (χ4v) is 2.04. The predicted molar refractivity (Wildman–Crippen MR) is 95.6 cm³/mol. The first-order chi connectivity index (χ1) is 11.5. The van der Waals surface area contributed by atoms with Crippen LogP contribution in [0, 0.1) is 5.92 Å². The highest BCUT2D eigenvalue weighted by atomic mass is 16.5. The topological polar surface area (TPSA) is 73.6 Å². The number of rotatable bonds is 7. The zero-order valence-corrected chi connectivity index (χ0v) is 14.3. The van der Waals surface area contributed by atoms with Crippen molar-refractivity contribution in [3.8, 4) is 17.2 Å². The van der Waals surface area contributed by atoms with Gasteiger partial charge in [0, 0.05) is 6.04 Å². The molecule has 2 atom stereocenters. The number of anilines is 1. The number of amides is 1. The van der Waals surface area contributed by atoms with Crippen molar-refractivity contribution in [3.05, 3.63) is 48.5 Å². The summed E-state index contributed by atoms with van der Waals surface area (Å²) < 4.78 is 11.3. The molecule has 0 aromatic heterocycles. The smallest absolute Gasteiger partial charge is 0.228 e. The van der Waals surface area contributed by atoms with Crippen molar-refractivity contribution in [2.45, 2.75) is 26.8 Å². The lowest BCUT2D eigenvalue weighted by Crippen LogP contribution is -2.34. The number of benzene rings is 2. The van der Waals surface area contributed by atoms with E-state index in [0.29, 0.717) is 23.8 Å². The average molecular weight is 328 g/mol. The summed E-state index contributed by atoms with van der Waals surface area (Å²) in [6.07, 6.45) is 0. The van der Waals surface area contributed by atoms with Crippen molar-refractivity contribution in [1.82, 2.24) is 0 Å². The molecular weight excluding hydrogens is 304 g/mol. The van der Waals surface area contributed by atoms with Gasteiger partial charge in [-0.3, -0.25) is 4.79 Å². The van der Waals surface area contributed by atoms with Gasteiger partial charge in [0.15, 0.2) is 5.75 Å². The lowest BCUT2D eigenvalue weighted by Gasteiger charge is -2.17. The molecule has 0 fully saturated rings. The molecule has 0 aliphatic rings. The van der Waals surface area contributed by atoms with E-state index in [1.807, 2.05) is 56.3 Å². The average Bonchev–Trinajstić information content (AvgIpc) is 2.57. The molecule has 1 amide bonds. The third kappa shape index (κ3) is 4.73. The molecule has 2 aromatic rings. The normalized spacial score (nSPS) is 13.0. The van der Waals surface area contributed by atoms with Gasteiger partial charge in [-0.2, -0.15) is 0 Å². The van der Waals surface area contributed by atoms with E-state index >= 15 is 0 Å². The predicted octanol–water partition coefficient (Wildman–Crippen LogP) is 3.80. The maximum Gasteiger partial charge on any atom is 0.228 e. The van der Waals surface area contributed by atoms with Crippen LogP contribution in [0.5, 0.6) is 17.2 Å². The van der Waals surface area contributed by atoms with Crippen LogP contribution in [-0.4, -0.2) is 18.6 Å². The summed E-state index contributed by atoms with van der Waals surface area (Å²) in [6.45, 7) is 6.17. The highest BCUT2D eigenvalue weighted by Crippen LogP contribution is 2.30. The van der Waals surface area contributed by atoms with Gasteiger partial charge in [-0.15, -0.1) is 0 Å². The maximum atomic E-state index is 12.2. The van der Waals surface area contributed by atoms with Crippen molar-refractivity contribution in [2.24, 2.45) is 11.7 Å². The van der Waals surface area contributed by atoms with Gasteiger partial charge < -0.3 is 20.5 Å². The molecule has 0 spiro atoms. The molecule has 0 aliphatic heterocycles. The zero-order valence-electron chi connectivity index (χ0n) is 14.3. The third-order valence-corrected chi connectivity index (χ3v) is 3.71. The summed E-state index contributed by atoms with van der Waals surface area (Å²) in [4.78, 5) is 12.2. The quantitative estimate of drug-likeness (QED) is 0.811. The Bertz CT molecular complexity index is 669. The van der Waals surface area contributed by atoms with Crippen molar-refractivity contribution >= 4 is 11.6 Å². The Morgan fingerprint density at radius 2 is 1.71 bits per heavy atom. The van der Waals surface area contributed by atoms with E-state index < -0.39 is 0 Å². The van der Waals surface area contributed by atoms with E-state index in [-0.39, 0.29) is 17.9 Å². The van der Waals surface area contributed by atoms with Crippen molar-refractivity contribution < 1.29 is 14.3 Å². The molecule has 0 aliphatic carbocycles. The van der Waals surface area contributed by atoms with E-state index in [0.717, 1.165) is 5.75 Å². The van der Waals surface area contributed by atoms with Gasteiger partial charge in [0.25, 0.3) is 0 Å². The Balaban J connectivity index is 2.12. The maximum absolute atomic E-state index is 12.2. The molecule has 0 heterocycles. The van der Waals surface area contributed by atoms with E-state index in [1.165, 1.54) is 0 Å². The summed E-state index contributed by atoms with van der Waals surface area (Å²) >= 11 is 0. The minimum absolute atomic E-state index is 0.132. The van der Waals surface area contributed by atoms with Gasteiger partial charge in [0.1, 0.15) is 11.5 Å². The number of para-hydroxylation sites is 2. The largest absolute Gasteiger partial charge is 0.494 e. The number of nitrogens with one attached hydrogen (secondary N) is 1. The van der Waals surface area contributed by atoms with E-state index in [1.54, 1.807) is 13.0 Å². The zero-order chi connectivity index (χ0) is 17.5. The first-order valence-electron chi connectivity index (χ1n) is 8.07. The molecule has 24 heavy (non-hydrogen) atoms. The number of carbonyl (C=O) groups is 1. The molecule has 0 radical (unpaired) electrons. The van der Waals surface area contributed by atoms with Crippen LogP contribution in [0.25, 0.3) is 0 Å². The van der Waals surface area contributed by atoms with E-state index in [4.69, 9.17) is 15.2 Å². The Kier molecular flexibility index (Phi) is 6.21. The Hall–Kier alpha value is -2.53. The lowest BCUT2D eigenvalue weighted by molar-refractivity contribution is -0.119. The highest BCUT2D eigenvalue weighted by Gasteiger charge is 2.18. The summed E-state index contributed by atoms with van der Waals surface area (Å²) in [5.74, 6) is 1.61. The Morgan fingerprint density at radius 1 is 1.08 bits per heavy atom. The van der Waals surface area contributed by atoms with Gasteiger partial charge in [-0.05, 0) is 50.2 Å². The van der Waals surface area contributed by atoms with Crippen LogP contribution in [0.4, 0.5) is 5.69 Å². The van der Waals surface area contributed by atoms with Crippen LogP contribution < -0.4 is 20.5 Å². The number of ether oxygens (including phenoxy) is 2. The summed E-state index contributed by atoms with van der Waals surface area (Å²) in [6, 6.07) is 14.4. The highest BCUT2D eigenvalue weighted by molar-refractivity contribution is 5.94. The summed E-state index contributed by atoms with van der Waals surface area (Å²) in [5, 5.41) is 2.87. The van der Waals surface area contributed by atoms with Crippen LogP contribution in [0.3, 0.4) is 0 Å². The SMILES string of the molecule is CCOc1ccc(Oc2ccccc2NC(=O)C(C)C(C)N)cc1. The molecule has 5 nitrogen and oxygen atoms in total. The lowest BCUT2D eigenvalue weighted by atomic mass is 10.0. The van der Waals surface area contributed by atoms with Gasteiger partial charge >= 0.3 is 0 Å². The van der Waals surface area contributed by atoms with Crippen molar-refractivity contribution in [2.75, 3.05) is 11.9 Å². The first-order valence-corrected chi connectivity index (χ1v) is 8.07. The molecule has 5 heteroatoms. The first kappa shape index (κ1) is 17.8.